The lowest BCUT2D eigenvalue weighted by Crippen LogP contribution is -2.35. The van der Waals surface area contributed by atoms with Crippen LogP contribution in [0.1, 0.15) is 11.4 Å². The Morgan fingerprint density at radius 1 is 1.11 bits per heavy atom. The van der Waals surface area contributed by atoms with E-state index in [2.05, 4.69) is 25.6 Å². The summed E-state index contributed by atoms with van der Waals surface area (Å²) in [6, 6.07) is 8.54. The number of benzene rings is 1. The summed E-state index contributed by atoms with van der Waals surface area (Å²) in [7, 11) is 0. The number of thiazole rings is 1. The van der Waals surface area contributed by atoms with Gasteiger partial charge in [0, 0.05) is 18.1 Å². The third kappa shape index (κ3) is 5.67. The molecule has 3 aromatic rings. The molecule has 188 valence electrons. The first kappa shape index (κ1) is 25.6. The normalized spacial score (nSPS) is 22.4. The Balaban J connectivity index is 1.80. The fraction of sp³-hybridized carbons (Fsp3) is 0.409. The fourth-order valence-electron chi connectivity index (χ4n) is 4.01. The number of nitrogens with zero attached hydrogens (tertiary/aromatic N) is 3. The smallest absolute Gasteiger partial charge is 0.396 e. The van der Waals surface area contributed by atoms with Crippen molar-refractivity contribution in [1.29, 1.82) is 0 Å². The van der Waals surface area contributed by atoms with Gasteiger partial charge in [0.05, 0.1) is 33.3 Å². The van der Waals surface area contributed by atoms with E-state index in [-0.39, 0.29) is 29.9 Å². The molecule has 4 atom stereocenters. The molecule has 8 nitrogen and oxygen atoms in total. The maximum atomic E-state index is 12.8. The van der Waals surface area contributed by atoms with Crippen molar-refractivity contribution in [3.8, 4) is 21.7 Å². The van der Waals surface area contributed by atoms with Crippen molar-refractivity contribution >= 4 is 34.7 Å². The molecule has 1 fully saturated rings. The number of aryl methyl sites for hydroxylation is 1. The lowest BCUT2D eigenvalue weighted by Gasteiger charge is -2.21. The highest BCUT2D eigenvalue weighted by Gasteiger charge is 2.42. The highest BCUT2D eigenvalue weighted by Crippen LogP contribution is 2.44. The molecular weight excluding hydrogens is 507 g/mol. The SMILES string of the molecule is Cc1nc(-c2ccccc2)c(-c2c(Cl)nc(NCC(F)(F)F)nc2N[C@@H]2C[C@H](CO)[C@@H](O)[C@H]2O)s1. The van der Waals surface area contributed by atoms with E-state index in [4.69, 9.17) is 11.6 Å². The Labute approximate surface area is 207 Å². The number of aliphatic hydroxyl groups excluding tert-OH is 3. The number of aromatic nitrogens is 3. The summed E-state index contributed by atoms with van der Waals surface area (Å²) in [6.45, 7) is 0.109. The molecule has 0 amide bonds. The Hall–Kier alpha value is -2.51. The number of hydrogen-bond acceptors (Lipinski definition) is 9. The van der Waals surface area contributed by atoms with Gasteiger partial charge in [-0.05, 0) is 13.3 Å². The number of halogens is 4. The summed E-state index contributed by atoms with van der Waals surface area (Å²) in [5.41, 5.74) is 1.70. The van der Waals surface area contributed by atoms with Gasteiger partial charge in [0.25, 0.3) is 0 Å². The number of anilines is 2. The Kier molecular flexibility index (Phi) is 7.48. The molecular formula is C22H23ClF3N5O3S. The molecule has 2 aromatic heterocycles. The molecule has 2 heterocycles. The van der Waals surface area contributed by atoms with Gasteiger partial charge in [-0.1, -0.05) is 41.9 Å². The highest BCUT2D eigenvalue weighted by atomic mass is 35.5. The van der Waals surface area contributed by atoms with Crippen LogP contribution < -0.4 is 10.6 Å². The second-order valence-electron chi connectivity index (χ2n) is 8.22. The van der Waals surface area contributed by atoms with E-state index in [1.165, 1.54) is 11.3 Å². The van der Waals surface area contributed by atoms with Crippen LogP contribution in [0.4, 0.5) is 24.9 Å². The lowest BCUT2D eigenvalue weighted by atomic mass is 10.1. The zero-order chi connectivity index (χ0) is 25.3. The van der Waals surface area contributed by atoms with Gasteiger partial charge in [0.1, 0.15) is 23.6 Å². The monoisotopic (exact) mass is 529 g/mol. The molecule has 0 spiro atoms. The second kappa shape index (κ2) is 10.2. The van der Waals surface area contributed by atoms with Crippen molar-refractivity contribution < 1.29 is 28.5 Å². The van der Waals surface area contributed by atoms with Crippen LogP contribution in [0.15, 0.2) is 30.3 Å². The zero-order valence-electron chi connectivity index (χ0n) is 18.4. The maximum absolute atomic E-state index is 12.8. The van der Waals surface area contributed by atoms with Crippen molar-refractivity contribution in [2.45, 2.75) is 37.8 Å². The first-order valence-corrected chi connectivity index (χ1v) is 11.9. The average molecular weight is 530 g/mol. The van der Waals surface area contributed by atoms with E-state index in [1.54, 1.807) is 0 Å². The highest BCUT2D eigenvalue weighted by molar-refractivity contribution is 7.15. The summed E-state index contributed by atoms with van der Waals surface area (Å²) in [6.07, 6.45) is -6.71. The number of alkyl halides is 3. The molecule has 0 aliphatic heterocycles. The molecule has 0 radical (unpaired) electrons. The zero-order valence-corrected chi connectivity index (χ0v) is 20.0. The molecule has 1 aliphatic carbocycles. The van der Waals surface area contributed by atoms with Crippen LogP contribution in [0, 0.1) is 12.8 Å². The molecule has 0 bridgehead atoms. The van der Waals surface area contributed by atoms with Crippen LogP contribution in [0.3, 0.4) is 0 Å². The van der Waals surface area contributed by atoms with Gasteiger partial charge in [-0.15, -0.1) is 11.3 Å². The molecule has 13 heteroatoms. The number of hydrogen-bond donors (Lipinski definition) is 5. The van der Waals surface area contributed by atoms with Crippen LogP contribution in [0.2, 0.25) is 5.15 Å². The van der Waals surface area contributed by atoms with Gasteiger partial charge in [0.15, 0.2) is 0 Å². The van der Waals surface area contributed by atoms with Crippen molar-refractivity contribution in [1.82, 2.24) is 15.0 Å². The first-order chi connectivity index (χ1) is 16.6. The Morgan fingerprint density at radius 3 is 2.46 bits per heavy atom. The average Bonchev–Trinajstić information content (AvgIpc) is 3.32. The first-order valence-electron chi connectivity index (χ1n) is 10.7. The van der Waals surface area contributed by atoms with Crippen LogP contribution in [-0.4, -0.2) is 67.8 Å². The van der Waals surface area contributed by atoms with Crippen molar-refractivity contribution in [2.24, 2.45) is 5.92 Å². The van der Waals surface area contributed by atoms with Crippen LogP contribution >= 0.6 is 22.9 Å². The van der Waals surface area contributed by atoms with Crippen LogP contribution in [0.5, 0.6) is 0 Å². The molecule has 0 saturated heterocycles. The summed E-state index contributed by atoms with van der Waals surface area (Å²) < 4.78 is 38.3. The van der Waals surface area contributed by atoms with Crippen molar-refractivity contribution in [2.75, 3.05) is 23.8 Å². The van der Waals surface area contributed by atoms with E-state index < -0.39 is 36.9 Å². The van der Waals surface area contributed by atoms with E-state index in [0.29, 0.717) is 16.1 Å². The number of rotatable bonds is 7. The van der Waals surface area contributed by atoms with Crippen LogP contribution in [-0.2, 0) is 0 Å². The molecule has 1 aliphatic rings. The topological polar surface area (TPSA) is 123 Å². The van der Waals surface area contributed by atoms with Gasteiger partial charge in [-0.25, -0.2) is 9.97 Å². The second-order valence-corrected chi connectivity index (χ2v) is 9.78. The van der Waals surface area contributed by atoms with E-state index >= 15 is 0 Å². The molecule has 35 heavy (non-hydrogen) atoms. The predicted molar refractivity (Wildman–Crippen MR) is 127 cm³/mol. The molecule has 5 N–H and O–H groups in total. The summed E-state index contributed by atoms with van der Waals surface area (Å²) >= 11 is 7.82. The molecule has 1 saturated carbocycles. The lowest BCUT2D eigenvalue weighted by molar-refractivity contribution is -0.115. The number of aliphatic hydroxyl groups is 3. The minimum atomic E-state index is -4.50. The molecule has 0 unspecified atom stereocenters. The van der Waals surface area contributed by atoms with Crippen LogP contribution in [0.25, 0.3) is 21.7 Å². The summed E-state index contributed by atoms with van der Waals surface area (Å²) in [4.78, 5) is 13.5. The Bertz CT molecular complexity index is 1180. The minimum Gasteiger partial charge on any atom is -0.396 e. The van der Waals surface area contributed by atoms with Gasteiger partial charge in [-0.3, -0.25) is 0 Å². The third-order valence-electron chi connectivity index (χ3n) is 5.68. The van der Waals surface area contributed by atoms with E-state index in [9.17, 15) is 28.5 Å². The third-order valence-corrected chi connectivity index (χ3v) is 6.94. The molecule has 1 aromatic carbocycles. The molecule has 4 rings (SSSR count). The summed E-state index contributed by atoms with van der Waals surface area (Å²) in [5.74, 6) is -0.852. The van der Waals surface area contributed by atoms with E-state index in [0.717, 1.165) is 10.6 Å². The standard InChI is InChI=1S/C22H23ClF3N5O3S/c1-10-28-15(11-5-3-2-4-6-11)18(35-10)14-19(23)30-21(27-9-22(24,25)26)31-20(14)29-13-7-12(8-32)16(33)17(13)34/h2-6,12-13,16-17,32-34H,7-9H2,1H3,(H2,27,29,30,31)/t12-,13-,16-,17+/m1/s1. The Morgan fingerprint density at radius 2 is 1.83 bits per heavy atom. The van der Waals surface area contributed by atoms with Gasteiger partial charge < -0.3 is 26.0 Å². The summed E-state index contributed by atoms with van der Waals surface area (Å²) in [5, 5.41) is 36.0. The van der Waals surface area contributed by atoms with Gasteiger partial charge in [0.2, 0.25) is 5.95 Å². The van der Waals surface area contributed by atoms with Gasteiger partial charge >= 0.3 is 6.18 Å². The number of nitrogens with one attached hydrogen (secondary N) is 2. The van der Waals surface area contributed by atoms with Crippen molar-refractivity contribution in [3.05, 3.63) is 40.5 Å². The quantitative estimate of drug-likeness (QED) is 0.293. The predicted octanol–water partition coefficient (Wildman–Crippen LogP) is 3.72. The maximum Gasteiger partial charge on any atom is 0.405 e. The van der Waals surface area contributed by atoms with E-state index in [1.807, 2.05) is 37.3 Å². The largest absolute Gasteiger partial charge is 0.405 e. The van der Waals surface area contributed by atoms with Crippen molar-refractivity contribution in [3.63, 3.8) is 0 Å². The minimum absolute atomic E-state index is 0.0744. The van der Waals surface area contributed by atoms with Gasteiger partial charge in [-0.2, -0.15) is 18.2 Å². The fourth-order valence-corrected chi connectivity index (χ4v) is 5.32.